The predicted molar refractivity (Wildman–Crippen MR) is 95.5 cm³/mol. The fraction of sp³-hybridized carbons (Fsp3) is 1.00. The first-order chi connectivity index (χ1) is 9.96. The van der Waals surface area contributed by atoms with Crippen molar-refractivity contribution in [2.45, 2.75) is 92.4 Å². The zero-order chi connectivity index (χ0) is 17.4. The maximum atomic E-state index is 13.5. The zero-order valence-corrected chi connectivity index (χ0v) is 16.9. The third kappa shape index (κ3) is 8.67. The molecule has 0 aromatic carbocycles. The first-order valence-corrected chi connectivity index (χ1v) is 10.2. The lowest BCUT2D eigenvalue weighted by Crippen LogP contribution is -2.50. The zero-order valence-electron chi connectivity index (χ0n) is 16.0. The molecule has 0 aliphatic rings. The minimum absolute atomic E-state index is 0.157. The average molecular weight is 335 g/mol. The highest BCUT2D eigenvalue weighted by atomic mass is 31.2. The van der Waals surface area contributed by atoms with Gasteiger partial charge >= 0.3 is 7.60 Å². The Hall–Kier alpha value is 0.110. The van der Waals surface area contributed by atoms with Gasteiger partial charge in [-0.15, -0.1) is 0 Å². The molecule has 0 rings (SSSR count). The molecular weight excluding hydrogens is 297 g/mol. The van der Waals surface area contributed by atoms with Gasteiger partial charge in [0.2, 0.25) is 0 Å². The standard InChI is InChI=1S/C17H38NO3P/c1-9-11-13-20-22(19,21-14-12-10-2)15(16(3,4)5)18-17(6,7)8/h15,18H,9-14H2,1-8H3. The normalized spacial score (nSPS) is 15.1. The fourth-order valence-corrected chi connectivity index (χ4v) is 4.67. The van der Waals surface area contributed by atoms with Gasteiger partial charge in [-0.2, -0.15) is 0 Å². The maximum Gasteiger partial charge on any atom is 0.347 e. The highest BCUT2D eigenvalue weighted by Gasteiger charge is 2.45. The van der Waals surface area contributed by atoms with Crippen molar-refractivity contribution in [2.24, 2.45) is 5.41 Å². The molecule has 0 aliphatic carbocycles. The van der Waals surface area contributed by atoms with Crippen molar-refractivity contribution in [3.05, 3.63) is 0 Å². The van der Waals surface area contributed by atoms with E-state index >= 15 is 0 Å². The molecule has 0 bridgehead atoms. The third-order valence-corrected chi connectivity index (χ3v) is 5.87. The Morgan fingerprint density at radius 3 is 1.59 bits per heavy atom. The number of unbranched alkanes of at least 4 members (excludes halogenated alkanes) is 2. The van der Waals surface area contributed by atoms with E-state index in [-0.39, 0.29) is 16.7 Å². The summed E-state index contributed by atoms with van der Waals surface area (Å²) in [5, 5.41) is 3.48. The van der Waals surface area contributed by atoms with Gasteiger partial charge in [-0.1, -0.05) is 47.5 Å². The van der Waals surface area contributed by atoms with Crippen LogP contribution in [0.25, 0.3) is 0 Å². The van der Waals surface area contributed by atoms with E-state index in [9.17, 15) is 4.57 Å². The minimum atomic E-state index is -3.22. The van der Waals surface area contributed by atoms with Gasteiger partial charge in [0.25, 0.3) is 0 Å². The molecule has 0 radical (unpaired) electrons. The lowest BCUT2D eigenvalue weighted by molar-refractivity contribution is 0.157. The lowest BCUT2D eigenvalue weighted by atomic mass is 9.94. The Morgan fingerprint density at radius 2 is 1.32 bits per heavy atom. The smallest absolute Gasteiger partial charge is 0.307 e. The van der Waals surface area contributed by atoms with E-state index in [1.807, 2.05) is 0 Å². The van der Waals surface area contributed by atoms with E-state index < -0.39 is 7.60 Å². The minimum Gasteiger partial charge on any atom is -0.307 e. The van der Waals surface area contributed by atoms with Crippen molar-refractivity contribution in [3.63, 3.8) is 0 Å². The Bertz CT molecular complexity index is 331. The molecule has 0 saturated carbocycles. The van der Waals surface area contributed by atoms with Gasteiger partial charge in [-0.3, -0.25) is 9.88 Å². The van der Waals surface area contributed by atoms with Crippen molar-refractivity contribution < 1.29 is 13.6 Å². The highest BCUT2D eigenvalue weighted by Crippen LogP contribution is 2.58. The first kappa shape index (κ1) is 22.1. The fourth-order valence-electron chi connectivity index (χ4n) is 2.04. The first-order valence-electron chi connectivity index (χ1n) is 8.62. The van der Waals surface area contributed by atoms with Crippen LogP contribution in [0.15, 0.2) is 0 Å². The number of rotatable bonds is 10. The molecule has 0 heterocycles. The molecule has 0 aromatic rings. The summed E-state index contributed by atoms with van der Waals surface area (Å²) in [7, 11) is -3.22. The summed E-state index contributed by atoms with van der Waals surface area (Å²) in [6.07, 6.45) is 3.82. The molecule has 22 heavy (non-hydrogen) atoms. The lowest BCUT2D eigenvalue weighted by Gasteiger charge is -2.40. The topological polar surface area (TPSA) is 47.6 Å². The number of nitrogens with one attached hydrogen (secondary N) is 1. The van der Waals surface area contributed by atoms with Crippen LogP contribution >= 0.6 is 7.60 Å². The van der Waals surface area contributed by atoms with Gasteiger partial charge in [-0.05, 0) is 39.0 Å². The Balaban J connectivity index is 5.29. The van der Waals surface area contributed by atoms with E-state index in [4.69, 9.17) is 9.05 Å². The second-order valence-corrected chi connectivity index (χ2v) is 10.2. The summed E-state index contributed by atoms with van der Waals surface area (Å²) >= 11 is 0. The Morgan fingerprint density at radius 1 is 0.909 bits per heavy atom. The predicted octanol–water partition coefficient (Wildman–Crippen LogP) is 5.57. The van der Waals surface area contributed by atoms with Gasteiger partial charge in [0, 0.05) is 5.54 Å². The molecule has 4 nitrogen and oxygen atoms in total. The second-order valence-electron chi connectivity index (χ2n) is 8.08. The molecule has 0 aliphatic heterocycles. The van der Waals surface area contributed by atoms with Crippen LogP contribution in [0.5, 0.6) is 0 Å². The van der Waals surface area contributed by atoms with E-state index in [0.717, 1.165) is 25.7 Å². The largest absolute Gasteiger partial charge is 0.347 e. The van der Waals surface area contributed by atoms with Crippen LogP contribution in [0.3, 0.4) is 0 Å². The van der Waals surface area contributed by atoms with Gasteiger partial charge in [0.05, 0.1) is 13.2 Å². The van der Waals surface area contributed by atoms with Crippen molar-refractivity contribution in [1.29, 1.82) is 0 Å². The van der Waals surface area contributed by atoms with E-state index in [2.05, 4.69) is 60.7 Å². The SMILES string of the molecule is CCCCOP(=O)(OCCCC)C(NC(C)(C)C)C(C)(C)C. The van der Waals surface area contributed by atoms with Crippen molar-refractivity contribution in [1.82, 2.24) is 5.32 Å². The third-order valence-electron chi connectivity index (χ3n) is 3.24. The quantitative estimate of drug-likeness (QED) is 0.418. The van der Waals surface area contributed by atoms with Gasteiger partial charge in [-0.25, -0.2) is 0 Å². The second kappa shape index (κ2) is 9.42. The molecule has 1 unspecified atom stereocenters. The maximum absolute atomic E-state index is 13.5. The van der Waals surface area contributed by atoms with Crippen LogP contribution in [-0.2, 0) is 13.6 Å². The molecule has 134 valence electrons. The van der Waals surface area contributed by atoms with E-state index in [1.165, 1.54) is 0 Å². The van der Waals surface area contributed by atoms with Gasteiger partial charge < -0.3 is 9.05 Å². The van der Waals surface area contributed by atoms with Crippen LogP contribution in [0.4, 0.5) is 0 Å². The molecule has 0 fully saturated rings. The molecular formula is C17H38NO3P. The summed E-state index contributed by atoms with van der Waals surface area (Å²) < 4.78 is 25.1. The van der Waals surface area contributed by atoms with Crippen LogP contribution in [0.1, 0.15) is 81.1 Å². The molecule has 1 atom stereocenters. The highest BCUT2D eigenvalue weighted by molar-refractivity contribution is 7.54. The Kier molecular flexibility index (Phi) is 9.46. The van der Waals surface area contributed by atoms with Crippen molar-refractivity contribution in [3.8, 4) is 0 Å². The Labute approximate surface area is 138 Å². The van der Waals surface area contributed by atoms with Crippen LogP contribution < -0.4 is 5.32 Å². The van der Waals surface area contributed by atoms with E-state index in [1.54, 1.807) is 0 Å². The number of hydrogen-bond acceptors (Lipinski definition) is 4. The van der Waals surface area contributed by atoms with Gasteiger partial charge in [0.1, 0.15) is 5.78 Å². The van der Waals surface area contributed by atoms with Crippen LogP contribution in [0, 0.1) is 5.41 Å². The van der Waals surface area contributed by atoms with Gasteiger partial charge in [0.15, 0.2) is 0 Å². The van der Waals surface area contributed by atoms with Crippen molar-refractivity contribution in [2.75, 3.05) is 13.2 Å². The summed E-state index contributed by atoms with van der Waals surface area (Å²) in [6.45, 7) is 17.6. The molecule has 0 amide bonds. The molecule has 5 heteroatoms. The summed E-state index contributed by atoms with van der Waals surface area (Å²) in [6, 6.07) is 0. The molecule has 0 saturated heterocycles. The van der Waals surface area contributed by atoms with E-state index in [0.29, 0.717) is 13.2 Å². The monoisotopic (exact) mass is 335 g/mol. The number of hydrogen-bond donors (Lipinski definition) is 1. The van der Waals surface area contributed by atoms with Crippen LogP contribution in [0.2, 0.25) is 0 Å². The molecule has 0 aromatic heterocycles. The van der Waals surface area contributed by atoms with Crippen LogP contribution in [-0.4, -0.2) is 24.5 Å². The summed E-state index contributed by atoms with van der Waals surface area (Å²) in [4.78, 5) is 0. The molecule has 0 spiro atoms. The summed E-state index contributed by atoms with van der Waals surface area (Å²) in [5.41, 5.74) is -0.378. The molecule has 1 N–H and O–H groups in total. The van der Waals surface area contributed by atoms with Crippen molar-refractivity contribution >= 4 is 7.60 Å². The average Bonchev–Trinajstić information content (AvgIpc) is 2.34. The summed E-state index contributed by atoms with van der Waals surface area (Å²) in [5.74, 6) is -0.325.